The Morgan fingerprint density at radius 1 is 0.862 bits per heavy atom. The first-order chi connectivity index (χ1) is 14.0. The molecule has 146 valence electrons. The van der Waals surface area contributed by atoms with E-state index >= 15 is 0 Å². The molecule has 0 unspecified atom stereocenters. The van der Waals surface area contributed by atoms with Crippen molar-refractivity contribution < 1.29 is 8.42 Å². The molecule has 4 rings (SSSR count). The molecule has 0 saturated carbocycles. The molecule has 0 fully saturated rings. The number of hydrogen-bond donors (Lipinski definition) is 2. The first kappa shape index (κ1) is 19.1. The van der Waals surface area contributed by atoms with Gasteiger partial charge < -0.3 is 5.32 Å². The third kappa shape index (κ3) is 4.61. The monoisotopic (exact) mass is 422 g/mol. The summed E-state index contributed by atoms with van der Waals surface area (Å²) in [5, 5.41) is 4.96. The van der Waals surface area contributed by atoms with Crippen LogP contribution in [-0.2, 0) is 10.0 Å². The van der Waals surface area contributed by atoms with Crippen molar-refractivity contribution in [2.75, 3.05) is 10.0 Å². The molecule has 2 aromatic heterocycles. The lowest BCUT2D eigenvalue weighted by molar-refractivity contribution is 0.603. The molecule has 4 aromatic rings. The van der Waals surface area contributed by atoms with E-state index in [2.05, 4.69) is 20.0 Å². The van der Waals surface area contributed by atoms with Crippen LogP contribution in [0.2, 0.25) is 0 Å². The molecule has 0 aliphatic rings. The van der Waals surface area contributed by atoms with Gasteiger partial charge in [-0.15, -0.1) is 11.3 Å². The number of benzene rings is 2. The highest BCUT2D eigenvalue weighted by Crippen LogP contribution is 2.25. The number of nitrogens with one attached hydrogen (secondary N) is 2. The maximum atomic E-state index is 12.4. The van der Waals surface area contributed by atoms with Crippen molar-refractivity contribution in [2.45, 2.75) is 11.1 Å². The van der Waals surface area contributed by atoms with E-state index in [1.165, 1.54) is 11.3 Å². The summed E-state index contributed by atoms with van der Waals surface area (Å²) in [6, 6.07) is 22.1. The van der Waals surface area contributed by atoms with Gasteiger partial charge in [0.2, 0.25) is 0 Å². The minimum Gasteiger partial charge on any atom is -0.340 e. The number of hydrogen-bond acceptors (Lipinski definition) is 6. The van der Waals surface area contributed by atoms with E-state index in [1.807, 2.05) is 49.4 Å². The maximum absolute atomic E-state index is 12.4. The Labute approximate surface area is 173 Å². The molecule has 0 aliphatic carbocycles. The van der Waals surface area contributed by atoms with Crippen molar-refractivity contribution in [3.8, 4) is 11.3 Å². The SMILES string of the molecule is Cc1nc(Nc2cccc(NS(=O)(=O)c3cccs3)c2)cc(-c2ccccc2)n1. The fourth-order valence-electron chi connectivity index (χ4n) is 2.82. The Morgan fingerprint density at radius 3 is 2.41 bits per heavy atom. The summed E-state index contributed by atoms with van der Waals surface area (Å²) in [4.78, 5) is 8.94. The molecule has 0 radical (unpaired) electrons. The first-order valence-electron chi connectivity index (χ1n) is 8.84. The number of aryl methyl sites for hydroxylation is 1. The van der Waals surface area contributed by atoms with Crippen LogP contribution in [0.3, 0.4) is 0 Å². The van der Waals surface area contributed by atoms with E-state index in [4.69, 9.17) is 0 Å². The quantitative estimate of drug-likeness (QED) is 0.454. The zero-order valence-electron chi connectivity index (χ0n) is 15.5. The van der Waals surface area contributed by atoms with E-state index in [0.29, 0.717) is 23.0 Å². The fraction of sp³-hybridized carbons (Fsp3) is 0.0476. The second kappa shape index (κ2) is 8.02. The average Bonchev–Trinajstić information content (AvgIpc) is 3.24. The summed E-state index contributed by atoms with van der Waals surface area (Å²) < 4.78 is 27.8. The molecule has 29 heavy (non-hydrogen) atoms. The molecule has 0 aliphatic heterocycles. The number of sulfonamides is 1. The van der Waals surface area contributed by atoms with Crippen LogP contribution in [-0.4, -0.2) is 18.4 Å². The summed E-state index contributed by atoms with van der Waals surface area (Å²) >= 11 is 1.17. The zero-order chi connectivity index (χ0) is 20.3. The van der Waals surface area contributed by atoms with Crippen LogP contribution >= 0.6 is 11.3 Å². The molecule has 0 spiro atoms. The minimum absolute atomic E-state index is 0.273. The molecule has 2 heterocycles. The molecular weight excluding hydrogens is 404 g/mol. The van der Waals surface area contributed by atoms with Crippen LogP contribution in [0.5, 0.6) is 0 Å². The Morgan fingerprint density at radius 2 is 1.66 bits per heavy atom. The molecule has 0 bridgehead atoms. The Hall–Kier alpha value is -3.23. The maximum Gasteiger partial charge on any atom is 0.271 e. The Kier molecular flexibility index (Phi) is 5.28. The van der Waals surface area contributed by atoms with E-state index in [1.54, 1.807) is 35.7 Å². The molecule has 0 saturated heterocycles. The molecule has 2 aromatic carbocycles. The van der Waals surface area contributed by atoms with Crippen LogP contribution in [0.1, 0.15) is 5.82 Å². The summed E-state index contributed by atoms with van der Waals surface area (Å²) in [7, 11) is -3.59. The largest absolute Gasteiger partial charge is 0.340 e. The van der Waals surface area contributed by atoms with Crippen molar-refractivity contribution in [1.29, 1.82) is 0 Å². The summed E-state index contributed by atoms with van der Waals surface area (Å²) in [6.45, 7) is 1.84. The van der Waals surface area contributed by atoms with Crippen LogP contribution in [0.25, 0.3) is 11.3 Å². The first-order valence-corrected chi connectivity index (χ1v) is 11.2. The third-order valence-electron chi connectivity index (χ3n) is 4.05. The molecule has 0 atom stereocenters. The Bertz CT molecular complexity index is 1220. The van der Waals surface area contributed by atoms with E-state index in [0.717, 1.165) is 11.3 Å². The van der Waals surface area contributed by atoms with Gasteiger partial charge in [-0.2, -0.15) is 0 Å². The minimum atomic E-state index is -3.59. The lowest BCUT2D eigenvalue weighted by atomic mass is 10.1. The number of anilines is 3. The van der Waals surface area contributed by atoms with Gasteiger partial charge in [0.25, 0.3) is 10.0 Å². The van der Waals surface area contributed by atoms with Crippen LogP contribution < -0.4 is 10.0 Å². The van der Waals surface area contributed by atoms with Crippen molar-refractivity contribution >= 4 is 38.6 Å². The van der Waals surface area contributed by atoms with Gasteiger partial charge in [0.15, 0.2) is 0 Å². The Balaban J connectivity index is 1.58. The van der Waals surface area contributed by atoms with Gasteiger partial charge in [-0.3, -0.25) is 4.72 Å². The van der Waals surface area contributed by atoms with Crippen LogP contribution in [0.15, 0.2) is 82.4 Å². The van der Waals surface area contributed by atoms with Gasteiger partial charge in [-0.1, -0.05) is 42.5 Å². The zero-order valence-corrected chi connectivity index (χ0v) is 17.2. The number of nitrogens with zero attached hydrogens (tertiary/aromatic N) is 2. The van der Waals surface area contributed by atoms with E-state index < -0.39 is 10.0 Å². The highest BCUT2D eigenvalue weighted by Gasteiger charge is 2.15. The number of aromatic nitrogens is 2. The molecule has 0 amide bonds. The van der Waals surface area contributed by atoms with Gasteiger partial charge in [0, 0.05) is 17.3 Å². The van der Waals surface area contributed by atoms with Gasteiger partial charge in [0.1, 0.15) is 15.9 Å². The average molecular weight is 423 g/mol. The third-order valence-corrected chi connectivity index (χ3v) is 6.83. The van der Waals surface area contributed by atoms with Crippen LogP contribution in [0, 0.1) is 6.92 Å². The smallest absolute Gasteiger partial charge is 0.271 e. The molecular formula is C21H18N4O2S2. The lowest BCUT2D eigenvalue weighted by Gasteiger charge is -2.11. The fourth-order valence-corrected chi connectivity index (χ4v) is 4.86. The summed E-state index contributed by atoms with van der Waals surface area (Å²) in [5.41, 5.74) is 3.00. The van der Waals surface area contributed by atoms with Crippen molar-refractivity contribution in [2.24, 2.45) is 0 Å². The number of thiophene rings is 1. The van der Waals surface area contributed by atoms with Crippen molar-refractivity contribution in [1.82, 2.24) is 9.97 Å². The standard InChI is InChI=1S/C21H18N4O2S2/c1-15-22-19(16-7-3-2-4-8-16)14-20(23-15)24-17-9-5-10-18(13-17)25-29(26,27)21-11-6-12-28-21/h2-14,25H,1H3,(H,22,23,24). The second-order valence-corrected chi connectivity index (χ2v) is 9.15. The molecule has 2 N–H and O–H groups in total. The highest BCUT2D eigenvalue weighted by molar-refractivity contribution is 7.94. The van der Waals surface area contributed by atoms with E-state index in [9.17, 15) is 8.42 Å². The van der Waals surface area contributed by atoms with Gasteiger partial charge in [0.05, 0.1) is 11.4 Å². The summed E-state index contributed by atoms with van der Waals surface area (Å²) in [6.07, 6.45) is 0. The van der Waals surface area contributed by atoms with Crippen molar-refractivity contribution in [3.63, 3.8) is 0 Å². The normalized spacial score (nSPS) is 11.2. The predicted molar refractivity (Wildman–Crippen MR) is 117 cm³/mol. The lowest BCUT2D eigenvalue weighted by Crippen LogP contribution is -2.11. The highest BCUT2D eigenvalue weighted by atomic mass is 32.2. The summed E-state index contributed by atoms with van der Waals surface area (Å²) in [5.74, 6) is 1.28. The molecule has 8 heteroatoms. The number of rotatable bonds is 6. The molecule has 6 nitrogen and oxygen atoms in total. The predicted octanol–water partition coefficient (Wildman–Crippen LogP) is 5.06. The second-order valence-electron chi connectivity index (χ2n) is 6.30. The van der Waals surface area contributed by atoms with Gasteiger partial charge in [-0.25, -0.2) is 18.4 Å². The topological polar surface area (TPSA) is 84.0 Å². The van der Waals surface area contributed by atoms with Crippen molar-refractivity contribution in [3.05, 3.63) is 84.0 Å². The van der Waals surface area contributed by atoms with Crippen LogP contribution in [0.4, 0.5) is 17.2 Å². The van der Waals surface area contributed by atoms with Gasteiger partial charge >= 0.3 is 0 Å². The van der Waals surface area contributed by atoms with Gasteiger partial charge in [-0.05, 0) is 36.6 Å². The van der Waals surface area contributed by atoms with E-state index in [-0.39, 0.29) is 4.21 Å².